The Balaban J connectivity index is 1.77. The van der Waals surface area contributed by atoms with E-state index in [0.717, 1.165) is 55.5 Å². The molecule has 32 heavy (non-hydrogen) atoms. The van der Waals surface area contributed by atoms with E-state index in [2.05, 4.69) is 19.1 Å². The molecule has 1 N–H and O–H groups in total. The summed E-state index contributed by atoms with van der Waals surface area (Å²) in [4.78, 5) is 13.2. The van der Waals surface area contributed by atoms with E-state index < -0.39 is 0 Å². The smallest absolute Gasteiger partial charge is 0.331 e. The molecule has 1 heterocycles. The third-order valence-corrected chi connectivity index (χ3v) is 6.04. The first-order valence-corrected chi connectivity index (χ1v) is 11.7. The van der Waals surface area contributed by atoms with Crippen molar-refractivity contribution in [3.8, 4) is 11.6 Å². The van der Waals surface area contributed by atoms with Gasteiger partial charge < -0.3 is 9.84 Å². The average Bonchev–Trinajstić information content (AvgIpc) is 3.02. The van der Waals surface area contributed by atoms with Crippen molar-refractivity contribution in [3.05, 3.63) is 81.4 Å². The van der Waals surface area contributed by atoms with E-state index in [1.807, 2.05) is 43.3 Å². The Bertz CT molecular complexity index is 1030. The van der Waals surface area contributed by atoms with Crippen LogP contribution >= 0.6 is 0 Å². The van der Waals surface area contributed by atoms with Gasteiger partial charge >= 0.3 is 5.69 Å². The molecule has 172 valence electrons. The summed E-state index contributed by atoms with van der Waals surface area (Å²) >= 11 is 0. The van der Waals surface area contributed by atoms with Gasteiger partial charge in [-0.3, -0.25) is 9.13 Å². The Morgan fingerprint density at radius 1 is 0.844 bits per heavy atom. The fourth-order valence-electron chi connectivity index (χ4n) is 4.07. The number of methoxy groups -OCH3 is 1. The lowest BCUT2D eigenvalue weighted by Crippen LogP contribution is -2.25. The summed E-state index contributed by atoms with van der Waals surface area (Å²) < 4.78 is 8.55. The standard InChI is InChI=1S/C27H36N2O3/c1-4-5-6-7-19-28-25(10-8-9-22-15-17-24(32-3)18-16-22)26(30)29(27(28)31)20-23-13-11-21(2)12-14-23/h11-18,30H,4-10,19-20H2,1-3H3. The van der Waals surface area contributed by atoms with E-state index in [4.69, 9.17) is 4.74 Å². The maximum atomic E-state index is 13.2. The van der Waals surface area contributed by atoms with Gasteiger partial charge in [0.25, 0.3) is 0 Å². The number of benzene rings is 2. The molecule has 2 aromatic carbocycles. The Hall–Kier alpha value is -2.95. The number of unbranched alkanes of at least 4 members (excludes halogenated alkanes) is 3. The highest BCUT2D eigenvalue weighted by Crippen LogP contribution is 2.22. The maximum absolute atomic E-state index is 13.2. The third kappa shape index (κ3) is 6.06. The highest BCUT2D eigenvalue weighted by Gasteiger charge is 2.19. The van der Waals surface area contributed by atoms with Crippen LogP contribution in [0.3, 0.4) is 0 Å². The molecule has 5 nitrogen and oxygen atoms in total. The van der Waals surface area contributed by atoms with Crippen LogP contribution in [-0.2, 0) is 25.9 Å². The molecule has 0 aliphatic carbocycles. The topological polar surface area (TPSA) is 56.4 Å². The molecular weight excluding hydrogens is 400 g/mol. The normalized spacial score (nSPS) is 11.1. The second kappa shape index (κ2) is 11.6. The monoisotopic (exact) mass is 436 g/mol. The minimum Gasteiger partial charge on any atom is -0.497 e. The summed E-state index contributed by atoms with van der Waals surface area (Å²) in [5, 5.41) is 11.0. The molecule has 0 bridgehead atoms. The first kappa shape index (κ1) is 23.7. The van der Waals surface area contributed by atoms with Gasteiger partial charge in [0.15, 0.2) is 0 Å². The van der Waals surface area contributed by atoms with Gasteiger partial charge in [-0.05, 0) is 55.9 Å². The van der Waals surface area contributed by atoms with Crippen molar-refractivity contribution >= 4 is 0 Å². The van der Waals surface area contributed by atoms with Gasteiger partial charge in [0.1, 0.15) is 5.75 Å². The number of aromatic hydroxyl groups is 1. The lowest BCUT2D eigenvalue weighted by atomic mass is 10.1. The Morgan fingerprint density at radius 2 is 1.53 bits per heavy atom. The predicted molar refractivity (Wildman–Crippen MR) is 130 cm³/mol. The van der Waals surface area contributed by atoms with Crippen LogP contribution in [0.1, 0.15) is 61.4 Å². The van der Waals surface area contributed by atoms with Gasteiger partial charge in [-0.2, -0.15) is 0 Å². The quantitative estimate of drug-likeness (QED) is 0.383. The molecule has 0 spiro atoms. The first-order chi connectivity index (χ1) is 15.5. The molecule has 0 saturated carbocycles. The van der Waals surface area contributed by atoms with Crippen LogP contribution in [0.4, 0.5) is 0 Å². The summed E-state index contributed by atoms with van der Waals surface area (Å²) in [7, 11) is 1.67. The van der Waals surface area contributed by atoms with Crippen molar-refractivity contribution < 1.29 is 9.84 Å². The van der Waals surface area contributed by atoms with Gasteiger partial charge in [0.05, 0.1) is 19.3 Å². The van der Waals surface area contributed by atoms with Crippen LogP contribution in [0.2, 0.25) is 0 Å². The van der Waals surface area contributed by atoms with Gasteiger partial charge in [0.2, 0.25) is 5.88 Å². The van der Waals surface area contributed by atoms with E-state index in [1.54, 1.807) is 11.7 Å². The summed E-state index contributed by atoms with van der Waals surface area (Å²) in [6.45, 7) is 5.27. The van der Waals surface area contributed by atoms with E-state index in [0.29, 0.717) is 19.5 Å². The number of hydrogen-bond acceptors (Lipinski definition) is 3. The maximum Gasteiger partial charge on any atom is 0.331 e. The number of nitrogens with zero attached hydrogens (tertiary/aromatic N) is 2. The van der Waals surface area contributed by atoms with Crippen molar-refractivity contribution in [1.82, 2.24) is 9.13 Å². The van der Waals surface area contributed by atoms with E-state index >= 15 is 0 Å². The highest BCUT2D eigenvalue weighted by molar-refractivity contribution is 5.28. The highest BCUT2D eigenvalue weighted by atomic mass is 16.5. The molecule has 0 aliphatic rings. The zero-order valence-electron chi connectivity index (χ0n) is 19.6. The van der Waals surface area contributed by atoms with Crippen LogP contribution in [0.5, 0.6) is 11.6 Å². The molecule has 0 radical (unpaired) electrons. The molecule has 0 saturated heterocycles. The molecule has 1 aromatic heterocycles. The van der Waals surface area contributed by atoms with Crippen LogP contribution in [0, 0.1) is 6.92 Å². The molecule has 0 fully saturated rings. The summed E-state index contributed by atoms with van der Waals surface area (Å²) in [5.41, 5.74) is 4.06. The molecule has 0 amide bonds. The molecule has 3 rings (SSSR count). The number of aromatic nitrogens is 2. The van der Waals surface area contributed by atoms with Crippen molar-refractivity contribution in [2.24, 2.45) is 0 Å². The van der Waals surface area contributed by atoms with Crippen molar-refractivity contribution in [3.63, 3.8) is 0 Å². The SMILES string of the molecule is CCCCCCn1c(CCCc2ccc(OC)cc2)c(O)n(Cc2ccc(C)cc2)c1=O. The van der Waals surface area contributed by atoms with Gasteiger partial charge in [0, 0.05) is 6.54 Å². The van der Waals surface area contributed by atoms with E-state index in [9.17, 15) is 9.90 Å². The lowest BCUT2D eigenvalue weighted by molar-refractivity contribution is 0.414. The number of hydrogen-bond donors (Lipinski definition) is 1. The third-order valence-electron chi connectivity index (χ3n) is 6.04. The van der Waals surface area contributed by atoms with E-state index in [-0.39, 0.29) is 11.6 Å². The summed E-state index contributed by atoms with van der Waals surface area (Å²) in [5.74, 6) is 0.960. The molecule has 0 atom stereocenters. The number of ether oxygens (including phenoxy) is 1. The number of rotatable bonds is 12. The second-order valence-electron chi connectivity index (χ2n) is 8.54. The largest absolute Gasteiger partial charge is 0.497 e. The Morgan fingerprint density at radius 3 is 2.19 bits per heavy atom. The minimum absolute atomic E-state index is 0.112. The molecule has 0 unspecified atom stereocenters. The van der Waals surface area contributed by atoms with Crippen LogP contribution in [0.25, 0.3) is 0 Å². The van der Waals surface area contributed by atoms with Crippen molar-refractivity contribution in [2.75, 3.05) is 7.11 Å². The number of aryl methyl sites for hydroxylation is 2. The van der Waals surface area contributed by atoms with Crippen molar-refractivity contribution in [2.45, 2.75) is 71.9 Å². The first-order valence-electron chi connectivity index (χ1n) is 11.7. The second-order valence-corrected chi connectivity index (χ2v) is 8.54. The average molecular weight is 437 g/mol. The van der Waals surface area contributed by atoms with Crippen molar-refractivity contribution in [1.29, 1.82) is 0 Å². The molecule has 5 heteroatoms. The summed E-state index contributed by atoms with van der Waals surface area (Å²) in [6, 6.07) is 16.2. The summed E-state index contributed by atoms with van der Waals surface area (Å²) in [6.07, 6.45) is 6.79. The molecular formula is C27H36N2O3. The van der Waals surface area contributed by atoms with Crippen LogP contribution in [-0.4, -0.2) is 21.4 Å². The minimum atomic E-state index is -0.112. The van der Waals surface area contributed by atoms with Gasteiger partial charge in [-0.1, -0.05) is 68.1 Å². The van der Waals surface area contributed by atoms with Gasteiger partial charge in [-0.15, -0.1) is 0 Å². The van der Waals surface area contributed by atoms with Crippen LogP contribution < -0.4 is 10.4 Å². The zero-order valence-corrected chi connectivity index (χ0v) is 19.6. The Kier molecular flexibility index (Phi) is 8.60. The van der Waals surface area contributed by atoms with Gasteiger partial charge in [-0.25, -0.2) is 4.79 Å². The molecule has 3 aromatic rings. The zero-order chi connectivity index (χ0) is 22.9. The molecule has 0 aliphatic heterocycles. The Labute approximate surface area is 191 Å². The predicted octanol–water partition coefficient (Wildman–Crippen LogP) is 5.48. The fourth-order valence-corrected chi connectivity index (χ4v) is 4.07. The lowest BCUT2D eigenvalue weighted by Gasteiger charge is -2.08. The number of imidazole rings is 1. The van der Waals surface area contributed by atoms with E-state index in [1.165, 1.54) is 15.7 Å². The van der Waals surface area contributed by atoms with Crippen LogP contribution in [0.15, 0.2) is 53.3 Å². The fraction of sp³-hybridized carbons (Fsp3) is 0.444.